The number of rotatable bonds is 8. The van der Waals surface area contributed by atoms with Gasteiger partial charge in [0.25, 0.3) is 0 Å². The number of furan rings is 1. The molecule has 5 nitrogen and oxygen atoms in total. The molecule has 130 valence electrons. The molecule has 1 amide bonds. The molecular weight excluding hydrogens is 324 g/mol. The molecule has 0 unspecified atom stereocenters. The van der Waals surface area contributed by atoms with Crippen molar-refractivity contribution in [1.82, 2.24) is 9.80 Å². The molecule has 0 aromatic carbocycles. The van der Waals surface area contributed by atoms with E-state index in [2.05, 4.69) is 22.4 Å². The predicted octanol–water partition coefficient (Wildman–Crippen LogP) is 2.98. The molecule has 0 spiro atoms. The number of hydrogen-bond donors (Lipinski definition) is 0. The lowest BCUT2D eigenvalue weighted by atomic mass is 10.2. The van der Waals surface area contributed by atoms with E-state index in [1.165, 1.54) is 4.88 Å². The van der Waals surface area contributed by atoms with E-state index in [1.807, 2.05) is 19.2 Å². The molecule has 1 saturated heterocycles. The lowest BCUT2D eigenvalue weighted by molar-refractivity contribution is -0.132. The minimum absolute atomic E-state index is 0.0981. The highest BCUT2D eigenvalue weighted by Gasteiger charge is 2.22. The zero-order valence-electron chi connectivity index (χ0n) is 14.0. The van der Waals surface area contributed by atoms with Crippen LogP contribution in [0.25, 0.3) is 0 Å². The average Bonchev–Trinajstić information content (AvgIpc) is 3.30. The van der Waals surface area contributed by atoms with Crippen molar-refractivity contribution < 1.29 is 13.9 Å². The zero-order valence-corrected chi connectivity index (χ0v) is 14.8. The van der Waals surface area contributed by atoms with Crippen LogP contribution in [0.5, 0.6) is 0 Å². The number of nitrogens with zero attached hydrogens (tertiary/aromatic N) is 2. The molecule has 1 aliphatic rings. The molecule has 0 saturated carbocycles. The quantitative estimate of drug-likeness (QED) is 0.736. The highest BCUT2D eigenvalue weighted by molar-refractivity contribution is 7.09. The van der Waals surface area contributed by atoms with Crippen LogP contribution < -0.4 is 0 Å². The van der Waals surface area contributed by atoms with Gasteiger partial charge in [0.1, 0.15) is 5.76 Å². The van der Waals surface area contributed by atoms with E-state index in [-0.39, 0.29) is 12.0 Å². The largest absolute Gasteiger partial charge is 0.467 e. The fourth-order valence-corrected chi connectivity index (χ4v) is 3.67. The smallest absolute Gasteiger partial charge is 0.236 e. The van der Waals surface area contributed by atoms with Crippen molar-refractivity contribution in [2.75, 3.05) is 26.7 Å². The summed E-state index contributed by atoms with van der Waals surface area (Å²) in [6.45, 7) is 3.33. The topological polar surface area (TPSA) is 45.9 Å². The Labute approximate surface area is 146 Å². The Morgan fingerprint density at radius 1 is 1.33 bits per heavy atom. The van der Waals surface area contributed by atoms with Gasteiger partial charge >= 0.3 is 0 Å². The number of amides is 1. The summed E-state index contributed by atoms with van der Waals surface area (Å²) in [6, 6.07) is 7.90. The second-order valence-corrected chi connectivity index (χ2v) is 7.25. The number of carbonyl (C=O) groups excluding carboxylic acids is 1. The number of ether oxygens (including phenoxy) is 1. The van der Waals surface area contributed by atoms with E-state index in [1.54, 1.807) is 22.5 Å². The van der Waals surface area contributed by atoms with E-state index >= 15 is 0 Å². The third-order valence-corrected chi connectivity index (χ3v) is 5.06. The number of thiophene rings is 1. The number of carbonyl (C=O) groups is 1. The van der Waals surface area contributed by atoms with E-state index in [0.717, 1.165) is 38.3 Å². The Morgan fingerprint density at radius 2 is 2.25 bits per heavy atom. The van der Waals surface area contributed by atoms with E-state index in [9.17, 15) is 4.79 Å². The van der Waals surface area contributed by atoms with Gasteiger partial charge in [0, 0.05) is 31.6 Å². The normalized spacial score (nSPS) is 17.5. The monoisotopic (exact) mass is 348 g/mol. The number of likely N-dealkylation sites (N-methyl/N-ethyl adjacent to an activating group) is 1. The molecule has 1 aliphatic heterocycles. The summed E-state index contributed by atoms with van der Waals surface area (Å²) in [5, 5.41) is 2.07. The fourth-order valence-electron chi connectivity index (χ4n) is 2.92. The first kappa shape index (κ1) is 17.2. The molecule has 3 rings (SSSR count). The summed E-state index contributed by atoms with van der Waals surface area (Å²) in [5.41, 5.74) is 0. The van der Waals surface area contributed by atoms with Gasteiger partial charge in [0.05, 0.1) is 25.5 Å². The molecule has 0 aliphatic carbocycles. The van der Waals surface area contributed by atoms with Crippen LogP contribution in [0, 0.1) is 0 Å². The van der Waals surface area contributed by atoms with Crippen LogP contribution in [0.1, 0.15) is 23.5 Å². The van der Waals surface area contributed by atoms with Gasteiger partial charge in [-0.15, -0.1) is 11.3 Å². The highest BCUT2D eigenvalue weighted by atomic mass is 32.1. The Morgan fingerprint density at radius 3 is 2.92 bits per heavy atom. The Kier molecular flexibility index (Phi) is 6.07. The van der Waals surface area contributed by atoms with Crippen LogP contribution in [0.3, 0.4) is 0 Å². The number of hydrogen-bond acceptors (Lipinski definition) is 5. The molecule has 1 fully saturated rings. The lowest BCUT2D eigenvalue weighted by Crippen LogP contribution is -2.40. The van der Waals surface area contributed by atoms with Crippen LogP contribution >= 0.6 is 11.3 Å². The van der Waals surface area contributed by atoms with Gasteiger partial charge in [-0.3, -0.25) is 9.69 Å². The van der Waals surface area contributed by atoms with E-state index in [0.29, 0.717) is 13.1 Å². The predicted molar refractivity (Wildman–Crippen MR) is 93.8 cm³/mol. The minimum Gasteiger partial charge on any atom is -0.467 e. The van der Waals surface area contributed by atoms with Crippen molar-refractivity contribution in [2.45, 2.75) is 32.0 Å². The molecule has 24 heavy (non-hydrogen) atoms. The maximum atomic E-state index is 12.6. The second-order valence-electron chi connectivity index (χ2n) is 6.21. The minimum atomic E-state index is 0.0981. The van der Waals surface area contributed by atoms with Gasteiger partial charge in [-0.1, -0.05) is 6.07 Å². The fraction of sp³-hybridized carbons (Fsp3) is 0.500. The Hall–Kier alpha value is -1.63. The molecular formula is C18H24N2O3S. The SMILES string of the molecule is CN(Cc1ccco1)C(=O)CN(Cc1cccs1)C[C@H]1CCCO1. The molecule has 6 heteroatoms. The Bertz CT molecular complexity index is 606. The van der Waals surface area contributed by atoms with Crippen molar-refractivity contribution in [3.63, 3.8) is 0 Å². The van der Waals surface area contributed by atoms with Gasteiger partial charge in [-0.25, -0.2) is 0 Å². The zero-order chi connectivity index (χ0) is 16.8. The summed E-state index contributed by atoms with van der Waals surface area (Å²) in [6.07, 6.45) is 4.07. The lowest BCUT2D eigenvalue weighted by Gasteiger charge is -2.26. The van der Waals surface area contributed by atoms with Gasteiger partial charge in [-0.05, 0) is 36.4 Å². The van der Waals surface area contributed by atoms with E-state index in [4.69, 9.17) is 9.15 Å². The standard InChI is InChI=1S/C18H24N2O3S/c1-19(11-15-5-2-8-22-15)18(21)14-20(12-16-6-3-9-23-16)13-17-7-4-10-24-17/h2,4-5,7-8,10,16H,3,6,9,11-14H2,1H3/t16-/m1/s1. The summed E-state index contributed by atoms with van der Waals surface area (Å²) >= 11 is 1.73. The maximum Gasteiger partial charge on any atom is 0.236 e. The molecule has 1 atom stereocenters. The first-order valence-electron chi connectivity index (χ1n) is 8.33. The van der Waals surface area contributed by atoms with Gasteiger partial charge in [-0.2, -0.15) is 0 Å². The van der Waals surface area contributed by atoms with Crippen LogP contribution in [-0.2, 0) is 22.6 Å². The van der Waals surface area contributed by atoms with Crippen molar-refractivity contribution in [3.8, 4) is 0 Å². The summed E-state index contributed by atoms with van der Waals surface area (Å²) in [4.78, 5) is 17.8. The van der Waals surface area contributed by atoms with Crippen LogP contribution in [0.4, 0.5) is 0 Å². The third kappa shape index (κ3) is 4.93. The van der Waals surface area contributed by atoms with Gasteiger partial charge < -0.3 is 14.1 Å². The molecule has 3 heterocycles. The van der Waals surface area contributed by atoms with Crippen molar-refractivity contribution >= 4 is 17.2 Å². The second kappa shape index (κ2) is 8.46. The van der Waals surface area contributed by atoms with Crippen molar-refractivity contribution in [1.29, 1.82) is 0 Å². The van der Waals surface area contributed by atoms with Gasteiger partial charge in [0.15, 0.2) is 0 Å². The average molecular weight is 348 g/mol. The molecule has 2 aromatic heterocycles. The van der Waals surface area contributed by atoms with Crippen LogP contribution in [0.2, 0.25) is 0 Å². The summed E-state index contributed by atoms with van der Waals surface area (Å²) < 4.78 is 11.1. The molecule has 0 radical (unpaired) electrons. The molecule has 0 bridgehead atoms. The first-order valence-corrected chi connectivity index (χ1v) is 9.21. The Balaban J connectivity index is 1.57. The van der Waals surface area contributed by atoms with Crippen LogP contribution in [-0.4, -0.2) is 48.6 Å². The van der Waals surface area contributed by atoms with Crippen molar-refractivity contribution in [3.05, 3.63) is 46.5 Å². The summed E-state index contributed by atoms with van der Waals surface area (Å²) in [5.74, 6) is 0.899. The maximum absolute atomic E-state index is 12.6. The van der Waals surface area contributed by atoms with Gasteiger partial charge in [0.2, 0.25) is 5.91 Å². The summed E-state index contributed by atoms with van der Waals surface area (Å²) in [7, 11) is 1.82. The molecule has 0 N–H and O–H groups in total. The first-order chi connectivity index (χ1) is 11.7. The van der Waals surface area contributed by atoms with Crippen LogP contribution in [0.15, 0.2) is 40.3 Å². The third-order valence-electron chi connectivity index (χ3n) is 4.20. The van der Waals surface area contributed by atoms with E-state index < -0.39 is 0 Å². The molecule has 2 aromatic rings. The van der Waals surface area contributed by atoms with Crippen molar-refractivity contribution in [2.24, 2.45) is 0 Å². The highest BCUT2D eigenvalue weighted by Crippen LogP contribution is 2.17.